The van der Waals surface area contributed by atoms with E-state index in [0.29, 0.717) is 30.4 Å². The van der Waals surface area contributed by atoms with Crippen LogP contribution in [0.3, 0.4) is 0 Å². The fourth-order valence-corrected chi connectivity index (χ4v) is 2.62. The van der Waals surface area contributed by atoms with Gasteiger partial charge in [0.05, 0.1) is 19.5 Å². The fourth-order valence-electron chi connectivity index (χ4n) is 2.62. The molecule has 1 aliphatic heterocycles. The Labute approximate surface area is 132 Å². The van der Waals surface area contributed by atoms with E-state index in [1.807, 2.05) is 0 Å². The highest BCUT2D eigenvalue weighted by molar-refractivity contribution is 5.18. The van der Waals surface area contributed by atoms with E-state index in [-0.39, 0.29) is 6.10 Å². The number of rotatable bonds is 5. The number of hydrogen-bond acceptors (Lipinski definition) is 5. The van der Waals surface area contributed by atoms with Crippen molar-refractivity contribution in [3.05, 3.63) is 47.8 Å². The number of ether oxygens (including phenoxy) is 2. The van der Waals surface area contributed by atoms with Crippen LogP contribution in [0.1, 0.15) is 12.0 Å². The zero-order valence-corrected chi connectivity index (χ0v) is 12.7. The summed E-state index contributed by atoms with van der Waals surface area (Å²) in [6.07, 6.45) is 3.87. The minimum atomic E-state index is -0.557. The van der Waals surface area contributed by atoms with Crippen LogP contribution in [0.5, 0.6) is 11.8 Å². The van der Waals surface area contributed by atoms with Gasteiger partial charge in [0.25, 0.3) is 0 Å². The summed E-state index contributed by atoms with van der Waals surface area (Å²) >= 11 is 0. The van der Waals surface area contributed by atoms with Gasteiger partial charge in [-0.15, -0.1) is 0 Å². The number of halogens is 2. The lowest BCUT2D eigenvalue weighted by Crippen LogP contribution is -2.25. The summed E-state index contributed by atoms with van der Waals surface area (Å²) in [6.45, 7) is 1.94. The van der Waals surface area contributed by atoms with E-state index < -0.39 is 11.6 Å². The summed E-state index contributed by atoms with van der Waals surface area (Å²) < 4.78 is 37.2. The predicted octanol–water partition coefficient (Wildman–Crippen LogP) is 2.42. The van der Waals surface area contributed by atoms with Gasteiger partial charge in [0.1, 0.15) is 17.7 Å². The maximum atomic E-state index is 13.2. The number of nitrogens with zero attached hydrogens (tertiary/aromatic N) is 3. The summed E-state index contributed by atoms with van der Waals surface area (Å²) in [6, 6.07) is 3.88. The standard InChI is InChI=1S/C16H17F2N3O2/c1-22-15-7-19-16(20-8-15)23-14-2-3-21(10-14)9-11-4-12(17)6-13(18)5-11/h4-8,14H,2-3,9-10H2,1H3. The van der Waals surface area contributed by atoms with Crippen molar-refractivity contribution in [3.63, 3.8) is 0 Å². The molecule has 0 spiro atoms. The van der Waals surface area contributed by atoms with Gasteiger partial charge >= 0.3 is 6.01 Å². The topological polar surface area (TPSA) is 47.5 Å². The summed E-state index contributed by atoms with van der Waals surface area (Å²) in [5.74, 6) is -0.546. The van der Waals surface area contributed by atoms with Crippen LogP contribution in [0.25, 0.3) is 0 Å². The van der Waals surface area contributed by atoms with Gasteiger partial charge in [-0.1, -0.05) is 0 Å². The quantitative estimate of drug-likeness (QED) is 0.846. The van der Waals surface area contributed by atoms with E-state index in [2.05, 4.69) is 14.9 Å². The van der Waals surface area contributed by atoms with Gasteiger partial charge in [-0.2, -0.15) is 9.97 Å². The molecule has 0 radical (unpaired) electrons. The SMILES string of the molecule is COc1cnc(OC2CCN(Cc3cc(F)cc(F)c3)C2)nc1. The van der Waals surface area contributed by atoms with Crippen molar-refractivity contribution >= 4 is 0 Å². The van der Waals surface area contributed by atoms with Crippen LogP contribution in [0.4, 0.5) is 8.78 Å². The molecule has 1 fully saturated rings. The van der Waals surface area contributed by atoms with Gasteiger partial charge < -0.3 is 9.47 Å². The second kappa shape index (κ2) is 6.87. The highest BCUT2D eigenvalue weighted by atomic mass is 19.1. The molecule has 0 saturated carbocycles. The zero-order chi connectivity index (χ0) is 16.2. The van der Waals surface area contributed by atoms with Crippen molar-refractivity contribution in [1.82, 2.24) is 14.9 Å². The van der Waals surface area contributed by atoms with Crippen molar-refractivity contribution in [2.75, 3.05) is 20.2 Å². The lowest BCUT2D eigenvalue weighted by atomic mass is 10.2. The molecule has 1 atom stereocenters. The molecule has 1 aliphatic rings. The third-order valence-corrected chi connectivity index (χ3v) is 3.67. The lowest BCUT2D eigenvalue weighted by Gasteiger charge is -2.16. The molecule has 0 bridgehead atoms. The molecule has 122 valence electrons. The Morgan fingerprint density at radius 3 is 2.52 bits per heavy atom. The second-order valence-electron chi connectivity index (χ2n) is 5.45. The highest BCUT2D eigenvalue weighted by Crippen LogP contribution is 2.19. The zero-order valence-electron chi connectivity index (χ0n) is 12.7. The first-order valence-corrected chi connectivity index (χ1v) is 7.32. The Hall–Kier alpha value is -2.28. The molecule has 2 aromatic rings. The maximum absolute atomic E-state index is 13.2. The van der Waals surface area contributed by atoms with Crippen molar-refractivity contribution in [2.24, 2.45) is 0 Å². The molecular formula is C16H17F2N3O2. The average molecular weight is 321 g/mol. The number of hydrogen-bond donors (Lipinski definition) is 0. The van der Waals surface area contributed by atoms with Gasteiger partial charge in [-0.3, -0.25) is 4.90 Å². The van der Waals surface area contributed by atoms with Crippen LogP contribution >= 0.6 is 0 Å². The molecule has 3 rings (SSSR count). The molecule has 0 amide bonds. The first-order chi connectivity index (χ1) is 11.1. The number of methoxy groups -OCH3 is 1. The number of benzene rings is 1. The van der Waals surface area contributed by atoms with Gasteiger partial charge in [0.2, 0.25) is 0 Å². The first kappa shape index (κ1) is 15.6. The average Bonchev–Trinajstić information content (AvgIpc) is 2.94. The van der Waals surface area contributed by atoms with Crippen molar-refractivity contribution in [3.8, 4) is 11.8 Å². The van der Waals surface area contributed by atoms with Crippen molar-refractivity contribution < 1.29 is 18.3 Å². The van der Waals surface area contributed by atoms with E-state index in [0.717, 1.165) is 19.0 Å². The van der Waals surface area contributed by atoms with E-state index in [1.165, 1.54) is 12.1 Å². The largest absolute Gasteiger partial charge is 0.494 e. The molecule has 1 saturated heterocycles. The summed E-state index contributed by atoms with van der Waals surface area (Å²) in [4.78, 5) is 10.2. The van der Waals surface area contributed by atoms with E-state index in [1.54, 1.807) is 19.5 Å². The van der Waals surface area contributed by atoms with Gasteiger partial charge in [0, 0.05) is 25.7 Å². The van der Waals surface area contributed by atoms with Crippen LogP contribution in [0.15, 0.2) is 30.6 Å². The van der Waals surface area contributed by atoms with Crippen LogP contribution in [-0.4, -0.2) is 41.2 Å². The Kier molecular flexibility index (Phi) is 4.66. The van der Waals surface area contributed by atoms with Crippen LogP contribution in [0.2, 0.25) is 0 Å². The van der Waals surface area contributed by atoms with E-state index >= 15 is 0 Å². The minimum Gasteiger partial charge on any atom is -0.494 e. The van der Waals surface area contributed by atoms with Gasteiger partial charge in [-0.25, -0.2) is 8.78 Å². The molecule has 1 aromatic carbocycles. The molecule has 5 nitrogen and oxygen atoms in total. The van der Waals surface area contributed by atoms with Crippen LogP contribution in [0, 0.1) is 11.6 Å². The molecule has 1 aromatic heterocycles. The van der Waals surface area contributed by atoms with Gasteiger partial charge in [0.15, 0.2) is 5.75 Å². The normalized spacial score (nSPS) is 18.1. The maximum Gasteiger partial charge on any atom is 0.316 e. The predicted molar refractivity (Wildman–Crippen MR) is 79.3 cm³/mol. The van der Waals surface area contributed by atoms with Crippen molar-refractivity contribution in [1.29, 1.82) is 0 Å². The number of likely N-dealkylation sites (tertiary alicyclic amines) is 1. The molecule has 7 heteroatoms. The van der Waals surface area contributed by atoms with Crippen LogP contribution in [-0.2, 0) is 6.54 Å². The first-order valence-electron chi connectivity index (χ1n) is 7.32. The molecule has 1 unspecified atom stereocenters. The summed E-state index contributed by atoms with van der Waals surface area (Å²) in [7, 11) is 1.54. The van der Waals surface area contributed by atoms with Crippen molar-refractivity contribution in [2.45, 2.75) is 19.1 Å². The molecule has 0 N–H and O–H groups in total. The third kappa shape index (κ3) is 4.13. The Morgan fingerprint density at radius 1 is 1.17 bits per heavy atom. The molecule has 0 aliphatic carbocycles. The minimum absolute atomic E-state index is 0.0400. The van der Waals surface area contributed by atoms with Crippen LogP contribution < -0.4 is 9.47 Å². The molecule has 2 heterocycles. The highest BCUT2D eigenvalue weighted by Gasteiger charge is 2.25. The summed E-state index contributed by atoms with van der Waals surface area (Å²) in [5.41, 5.74) is 0.615. The Morgan fingerprint density at radius 2 is 1.87 bits per heavy atom. The van der Waals surface area contributed by atoms with E-state index in [9.17, 15) is 8.78 Å². The lowest BCUT2D eigenvalue weighted by molar-refractivity contribution is 0.183. The van der Waals surface area contributed by atoms with Gasteiger partial charge in [-0.05, 0) is 24.1 Å². The fraction of sp³-hybridized carbons (Fsp3) is 0.375. The summed E-state index contributed by atoms with van der Waals surface area (Å²) in [5, 5.41) is 0. The monoisotopic (exact) mass is 321 g/mol. The second-order valence-corrected chi connectivity index (χ2v) is 5.45. The van der Waals surface area contributed by atoms with E-state index in [4.69, 9.17) is 9.47 Å². The Balaban J connectivity index is 1.55. The molecular weight excluding hydrogens is 304 g/mol. The smallest absolute Gasteiger partial charge is 0.316 e. The number of aromatic nitrogens is 2. The Bertz CT molecular complexity index is 647. The molecule has 23 heavy (non-hydrogen) atoms. The third-order valence-electron chi connectivity index (χ3n) is 3.67.